The molecule has 2 saturated heterocycles. The first kappa shape index (κ1) is 11.3. The van der Waals surface area contributed by atoms with Crippen LogP contribution in [0.25, 0.3) is 0 Å². The van der Waals surface area contributed by atoms with Gasteiger partial charge in [-0.05, 0) is 39.7 Å². The van der Waals surface area contributed by atoms with Crippen molar-refractivity contribution in [3.05, 3.63) is 0 Å². The molecular formula is C12H22N2S. The van der Waals surface area contributed by atoms with Crippen LogP contribution >= 0.6 is 12.2 Å². The highest BCUT2D eigenvalue weighted by atomic mass is 32.1. The van der Waals surface area contributed by atoms with E-state index in [0.717, 1.165) is 6.54 Å². The van der Waals surface area contributed by atoms with Crippen LogP contribution in [0.1, 0.15) is 33.1 Å². The number of nitrogens with zero attached hydrogens (tertiary/aromatic N) is 2. The largest absolute Gasteiger partial charge is 0.369 e. The summed E-state index contributed by atoms with van der Waals surface area (Å²) in [7, 11) is 2.15. The van der Waals surface area contributed by atoms with E-state index in [1.165, 1.54) is 37.3 Å². The molecule has 0 amide bonds. The van der Waals surface area contributed by atoms with E-state index in [2.05, 4.69) is 30.7 Å². The smallest absolute Gasteiger partial charge is 0.0852 e. The molecule has 15 heavy (non-hydrogen) atoms. The lowest BCUT2D eigenvalue weighted by Crippen LogP contribution is -2.47. The molecular weight excluding hydrogens is 204 g/mol. The van der Waals surface area contributed by atoms with Gasteiger partial charge in [0.1, 0.15) is 0 Å². The van der Waals surface area contributed by atoms with Gasteiger partial charge < -0.3 is 4.90 Å². The van der Waals surface area contributed by atoms with Crippen molar-refractivity contribution in [3.8, 4) is 0 Å². The first-order valence-electron chi connectivity index (χ1n) is 6.05. The SMILES string of the molecule is CC(C)N1CCC2(CCCN(C)C2=S)C1. The van der Waals surface area contributed by atoms with Gasteiger partial charge in [-0.2, -0.15) is 0 Å². The lowest BCUT2D eigenvalue weighted by atomic mass is 9.79. The van der Waals surface area contributed by atoms with Gasteiger partial charge in [-0.3, -0.25) is 4.90 Å². The third kappa shape index (κ3) is 1.92. The number of piperidine rings is 1. The Hall–Kier alpha value is -0.150. The molecule has 0 radical (unpaired) electrons. The van der Waals surface area contributed by atoms with Crippen LogP contribution < -0.4 is 0 Å². The fraction of sp³-hybridized carbons (Fsp3) is 0.917. The van der Waals surface area contributed by atoms with Crippen LogP contribution in [0, 0.1) is 5.41 Å². The molecule has 2 aliphatic heterocycles. The maximum absolute atomic E-state index is 5.64. The molecule has 3 heteroatoms. The van der Waals surface area contributed by atoms with Crippen molar-refractivity contribution in [1.29, 1.82) is 0 Å². The number of hydrogen-bond donors (Lipinski definition) is 0. The molecule has 2 nitrogen and oxygen atoms in total. The van der Waals surface area contributed by atoms with Gasteiger partial charge in [-0.1, -0.05) is 12.2 Å². The zero-order chi connectivity index (χ0) is 11.1. The van der Waals surface area contributed by atoms with Gasteiger partial charge in [0.2, 0.25) is 0 Å². The second kappa shape index (κ2) is 4.02. The molecule has 1 unspecified atom stereocenters. The van der Waals surface area contributed by atoms with Gasteiger partial charge >= 0.3 is 0 Å². The standard InChI is InChI=1S/C12H22N2S/c1-10(2)14-8-6-12(9-14)5-4-7-13(3)11(12)15/h10H,4-9H2,1-3H3. The number of thiocarbonyl (C=S) groups is 1. The molecule has 2 rings (SSSR count). The second-order valence-electron chi connectivity index (χ2n) is 5.42. The van der Waals surface area contributed by atoms with Gasteiger partial charge in [0.05, 0.1) is 4.99 Å². The second-order valence-corrected chi connectivity index (χ2v) is 5.81. The van der Waals surface area contributed by atoms with E-state index in [1.54, 1.807) is 0 Å². The lowest BCUT2D eigenvalue weighted by Gasteiger charge is -2.40. The molecule has 0 aromatic carbocycles. The van der Waals surface area contributed by atoms with Crippen LogP contribution in [-0.2, 0) is 0 Å². The summed E-state index contributed by atoms with van der Waals surface area (Å²) < 4.78 is 0. The highest BCUT2D eigenvalue weighted by Gasteiger charge is 2.44. The van der Waals surface area contributed by atoms with Gasteiger partial charge in [-0.25, -0.2) is 0 Å². The summed E-state index contributed by atoms with van der Waals surface area (Å²) >= 11 is 5.64. The molecule has 0 aromatic rings. The highest BCUT2D eigenvalue weighted by Crippen LogP contribution is 2.40. The summed E-state index contributed by atoms with van der Waals surface area (Å²) in [6.45, 7) is 8.14. The molecule has 0 aromatic heterocycles. The van der Waals surface area contributed by atoms with E-state index < -0.39 is 0 Å². The van der Waals surface area contributed by atoms with Gasteiger partial charge in [0.15, 0.2) is 0 Å². The normalized spacial score (nSPS) is 33.3. The zero-order valence-corrected chi connectivity index (χ0v) is 10.9. The Morgan fingerprint density at radius 1 is 1.27 bits per heavy atom. The average Bonchev–Trinajstić information content (AvgIpc) is 2.60. The molecule has 2 aliphatic rings. The van der Waals surface area contributed by atoms with E-state index in [-0.39, 0.29) is 0 Å². The molecule has 0 aliphatic carbocycles. The monoisotopic (exact) mass is 226 g/mol. The average molecular weight is 226 g/mol. The van der Waals surface area contributed by atoms with Crippen molar-refractivity contribution in [2.45, 2.75) is 39.2 Å². The van der Waals surface area contributed by atoms with Crippen LogP contribution in [0.2, 0.25) is 0 Å². The quantitative estimate of drug-likeness (QED) is 0.633. The summed E-state index contributed by atoms with van der Waals surface area (Å²) in [6, 6.07) is 0.666. The molecule has 86 valence electrons. The van der Waals surface area contributed by atoms with E-state index in [4.69, 9.17) is 12.2 Å². The molecule has 2 fully saturated rings. The summed E-state index contributed by atoms with van der Waals surface area (Å²) in [4.78, 5) is 6.09. The van der Waals surface area contributed by atoms with Crippen molar-refractivity contribution >= 4 is 17.2 Å². The maximum Gasteiger partial charge on any atom is 0.0852 e. The number of rotatable bonds is 1. The Labute approximate surface area is 98.6 Å². The number of hydrogen-bond acceptors (Lipinski definition) is 2. The van der Waals surface area contributed by atoms with Crippen molar-refractivity contribution in [2.24, 2.45) is 5.41 Å². The van der Waals surface area contributed by atoms with Gasteiger partial charge in [0.25, 0.3) is 0 Å². The maximum atomic E-state index is 5.64. The summed E-state index contributed by atoms with van der Waals surface area (Å²) in [5, 5.41) is 0. The van der Waals surface area contributed by atoms with Crippen LogP contribution in [0.4, 0.5) is 0 Å². The lowest BCUT2D eigenvalue weighted by molar-refractivity contribution is 0.227. The molecule has 0 N–H and O–H groups in total. The minimum Gasteiger partial charge on any atom is -0.369 e. The highest BCUT2D eigenvalue weighted by molar-refractivity contribution is 7.80. The van der Waals surface area contributed by atoms with Crippen LogP contribution in [0.5, 0.6) is 0 Å². The summed E-state index contributed by atoms with van der Waals surface area (Å²) in [6.07, 6.45) is 3.89. The van der Waals surface area contributed by atoms with Gasteiger partial charge in [0, 0.05) is 31.6 Å². The Morgan fingerprint density at radius 3 is 2.60 bits per heavy atom. The number of likely N-dealkylation sites (tertiary alicyclic amines) is 2. The fourth-order valence-electron chi connectivity index (χ4n) is 2.99. The van der Waals surface area contributed by atoms with Crippen molar-refractivity contribution in [3.63, 3.8) is 0 Å². The molecule has 2 heterocycles. The third-order valence-corrected chi connectivity index (χ3v) is 4.81. The first-order valence-corrected chi connectivity index (χ1v) is 6.46. The van der Waals surface area contributed by atoms with E-state index in [0.29, 0.717) is 11.5 Å². The van der Waals surface area contributed by atoms with E-state index >= 15 is 0 Å². The predicted octanol–water partition coefficient (Wildman–Crippen LogP) is 2.14. The Balaban J connectivity index is 2.11. The molecule has 1 spiro atoms. The third-order valence-electron chi connectivity index (χ3n) is 4.06. The summed E-state index contributed by atoms with van der Waals surface area (Å²) in [5.74, 6) is 0. The topological polar surface area (TPSA) is 6.48 Å². The molecule has 1 atom stereocenters. The van der Waals surface area contributed by atoms with Crippen LogP contribution in [0.15, 0.2) is 0 Å². The molecule has 0 saturated carbocycles. The van der Waals surface area contributed by atoms with Crippen molar-refractivity contribution in [1.82, 2.24) is 9.80 Å². The minimum atomic E-state index is 0.340. The van der Waals surface area contributed by atoms with Crippen LogP contribution in [-0.4, -0.2) is 47.5 Å². The van der Waals surface area contributed by atoms with Crippen LogP contribution in [0.3, 0.4) is 0 Å². The van der Waals surface area contributed by atoms with Crippen molar-refractivity contribution < 1.29 is 0 Å². The van der Waals surface area contributed by atoms with E-state index in [9.17, 15) is 0 Å². The predicted molar refractivity (Wildman–Crippen MR) is 68.2 cm³/mol. The first-order chi connectivity index (χ1) is 7.05. The Morgan fingerprint density at radius 2 is 2.00 bits per heavy atom. The minimum absolute atomic E-state index is 0.340. The zero-order valence-electron chi connectivity index (χ0n) is 10.1. The summed E-state index contributed by atoms with van der Waals surface area (Å²) in [5.41, 5.74) is 0.340. The van der Waals surface area contributed by atoms with Gasteiger partial charge in [-0.15, -0.1) is 0 Å². The molecule has 0 bridgehead atoms. The van der Waals surface area contributed by atoms with Crippen molar-refractivity contribution in [2.75, 3.05) is 26.7 Å². The Bertz CT molecular complexity index is 264. The fourth-order valence-corrected chi connectivity index (χ4v) is 3.35. The Kier molecular flexibility index (Phi) is 3.04. The van der Waals surface area contributed by atoms with E-state index in [1.807, 2.05) is 0 Å².